The number of nitrogens with zero attached hydrogens (tertiary/aromatic N) is 2. The molecule has 0 bridgehead atoms. The second kappa shape index (κ2) is 10.4. The highest BCUT2D eigenvalue weighted by molar-refractivity contribution is 5.91. The predicted octanol–water partition coefficient (Wildman–Crippen LogP) is 2.76. The molecule has 1 aliphatic heterocycles. The Balaban J connectivity index is 3.09. The summed E-state index contributed by atoms with van der Waals surface area (Å²) in [5.41, 5.74) is -0.295. The Labute approximate surface area is 181 Å². The molecule has 0 aromatic rings. The number of piperidine rings is 1. The van der Waals surface area contributed by atoms with E-state index in [-0.39, 0.29) is 35.4 Å². The van der Waals surface area contributed by atoms with Gasteiger partial charge in [-0.2, -0.15) is 0 Å². The van der Waals surface area contributed by atoms with Gasteiger partial charge in [-0.1, -0.05) is 47.6 Å². The van der Waals surface area contributed by atoms with E-state index in [0.717, 1.165) is 19.4 Å². The number of aliphatic carboxylic acids is 1. The van der Waals surface area contributed by atoms with Crippen LogP contribution in [0.15, 0.2) is 11.6 Å². The molecule has 1 saturated heterocycles. The van der Waals surface area contributed by atoms with Crippen molar-refractivity contribution in [2.75, 3.05) is 20.6 Å². The van der Waals surface area contributed by atoms with Crippen LogP contribution in [0.25, 0.3) is 0 Å². The summed E-state index contributed by atoms with van der Waals surface area (Å²) in [7, 11) is 3.63. The highest BCUT2D eigenvalue weighted by Crippen LogP contribution is 2.25. The standard InChI is InChI=1S/C23H41N3O4/c1-14(2)18(12-16(4)22(29)30)26(9)21(28)19(23(5,6)7)24-20(27)17-11-10-15(3)13-25(17)8/h12,14-15,17-19H,10-11,13H2,1-9H3,(H,24,27)(H,29,30)/b16-12+/t15-,17+,18-,19-/m1/s1. The summed E-state index contributed by atoms with van der Waals surface area (Å²) < 4.78 is 0. The van der Waals surface area contributed by atoms with E-state index in [0.29, 0.717) is 5.92 Å². The molecule has 0 aromatic carbocycles. The zero-order valence-corrected chi connectivity index (χ0v) is 20.2. The first-order valence-corrected chi connectivity index (χ1v) is 10.9. The van der Waals surface area contributed by atoms with E-state index in [4.69, 9.17) is 0 Å². The van der Waals surface area contributed by atoms with E-state index in [2.05, 4.69) is 17.1 Å². The number of likely N-dealkylation sites (tertiary alicyclic amines) is 1. The summed E-state index contributed by atoms with van der Waals surface area (Å²) in [6.07, 6.45) is 3.38. The number of carbonyl (C=O) groups excluding carboxylic acids is 2. The van der Waals surface area contributed by atoms with Gasteiger partial charge in [0.15, 0.2) is 0 Å². The van der Waals surface area contributed by atoms with Crippen molar-refractivity contribution in [2.24, 2.45) is 17.3 Å². The Morgan fingerprint density at radius 2 is 1.77 bits per heavy atom. The number of likely N-dealkylation sites (N-methyl/N-ethyl adjacent to an activating group) is 2. The molecule has 172 valence electrons. The second-order valence-corrected chi connectivity index (χ2v) is 10.3. The summed E-state index contributed by atoms with van der Waals surface area (Å²) in [5, 5.41) is 12.3. The van der Waals surface area contributed by atoms with Crippen molar-refractivity contribution in [1.82, 2.24) is 15.1 Å². The smallest absolute Gasteiger partial charge is 0.331 e. The van der Waals surface area contributed by atoms with Crippen LogP contribution in [0.1, 0.15) is 61.3 Å². The van der Waals surface area contributed by atoms with Gasteiger partial charge in [-0.15, -0.1) is 0 Å². The van der Waals surface area contributed by atoms with Crippen LogP contribution in [0.5, 0.6) is 0 Å². The number of amides is 2. The van der Waals surface area contributed by atoms with Crippen molar-refractivity contribution in [3.63, 3.8) is 0 Å². The SMILES string of the molecule is C/C(=C\[C@H](C(C)C)N(C)C(=O)[C@@H](NC(=O)[C@@H]1CC[C@@H](C)CN1C)C(C)(C)C)C(=O)O. The molecule has 30 heavy (non-hydrogen) atoms. The largest absolute Gasteiger partial charge is 0.478 e. The van der Waals surface area contributed by atoms with Crippen molar-refractivity contribution in [3.05, 3.63) is 11.6 Å². The Hall–Kier alpha value is -1.89. The second-order valence-electron chi connectivity index (χ2n) is 10.3. The van der Waals surface area contributed by atoms with Crippen molar-refractivity contribution in [3.8, 4) is 0 Å². The zero-order chi connectivity index (χ0) is 23.4. The molecule has 0 unspecified atom stereocenters. The fourth-order valence-corrected chi connectivity index (χ4v) is 4.02. The van der Waals surface area contributed by atoms with Gasteiger partial charge in [0.2, 0.25) is 11.8 Å². The maximum Gasteiger partial charge on any atom is 0.331 e. The van der Waals surface area contributed by atoms with Crippen LogP contribution < -0.4 is 5.32 Å². The Kier molecular flexibility index (Phi) is 9.08. The van der Waals surface area contributed by atoms with E-state index < -0.39 is 17.4 Å². The van der Waals surface area contributed by atoms with Gasteiger partial charge in [0.1, 0.15) is 6.04 Å². The Morgan fingerprint density at radius 3 is 2.20 bits per heavy atom. The summed E-state index contributed by atoms with van der Waals surface area (Å²) in [6, 6.07) is -1.32. The molecule has 2 N–H and O–H groups in total. The highest BCUT2D eigenvalue weighted by Gasteiger charge is 2.39. The van der Waals surface area contributed by atoms with Gasteiger partial charge in [0, 0.05) is 19.2 Å². The molecule has 1 aliphatic rings. The molecule has 0 saturated carbocycles. The molecule has 1 rings (SSSR count). The van der Waals surface area contributed by atoms with E-state index in [1.165, 1.54) is 6.92 Å². The lowest BCUT2D eigenvalue weighted by Crippen LogP contribution is -2.60. The molecule has 2 amide bonds. The predicted molar refractivity (Wildman–Crippen MR) is 119 cm³/mol. The molecule has 0 aromatic heterocycles. The van der Waals surface area contributed by atoms with Gasteiger partial charge >= 0.3 is 5.97 Å². The van der Waals surface area contributed by atoms with Crippen molar-refractivity contribution in [2.45, 2.75) is 79.4 Å². The number of hydrogen-bond donors (Lipinski definition) is 2. The van der Waals surface area contributed by atoms with Gasteiger partial charge in [-0.05, 0) is 44.1 Å². The van der Waals surface area contributed by atoms with Gasteiger partial charge in [-0.3, -0.25) is 14.5 Å². The first-order valence-electron chi connectivity index (χ1n) is 10.9. The van der Waals surface area contributed by atoms with Crippen LogP contribution in [0, 0.1) is 17.3 Å². The minimum absolute atomic E-state index is 0.0236. The number of carboxylic acid groups (broad SMARTS) is 1. The molecular formula is C23H41N3O4. The monoisotopic (exact) mass is 423 g/mol. The van der Waals surface area contributed by atoms with Crippen LogP contribution in [-0.2, 0) is 14.4 Å². The summed E-state index contributed by atoms with van der Waals surface area (Å²) in [5.74, 6) is -0.756. The van der Waals surface area contributed by atoms with E-state index in [1.807, 2.05) is 41.7 Å². The number of carbonyl (C=O) groups is 3. The van der Waals surface area contributed by atoms with Crippen LogP contribution in [-0.4, -0.2) is 71.5 Å². The summed E-state index contributed by atoms with van der Waals surface area (Å²) >= 11 is 0. The number of carboxylic acids is 1. The maximum absolute atomic E-state index is 13.5. The topological polar surface area (TPSA) is 90.0 Å². The van der Waals surface area contributed by atoms with E-state index >= 15 is 0 Å². The molecule has 1 fully saturated rings. The molecule has 0 radical (unpaired) electrons. The molecule has 7 heteroatoms. The molecule has 1 heterocycles. The van der Waals surface area contributed by atoms with E-state index in [9.17, 15) is 19.5 Å². The number of rotatable bonds is 7. The summed E-state index contributed by atoms with van der Waals surface area (Å²) in [6.45, 7) is 14.3. The quantitative estimate of drug-likeness (QED) is 0.615. The fourth-order valence-electron chi connectivity index (χ4n) is 4.02. The number of nitrogens with one attached hydrogen (secondary N) is 1. The normalized spacial score (nSPS) is 23.1. The van der Waals surface area contributed by atoms with Crippen molar-refractivity contribution in [1.29, 1.82) is 0 Å². The molecule has 0 aliphatic carbocycles. The lowest BCUT2D eigenvalue weighted by molar-refractivity contribution is -0.141. The average molecular weight is 424 g/mol. The van der Waals surface area contributed by atoms with Crippen LogP contribution in [0.2, 0.25) is 0 Å². The van der Waals surface area contributed by atoms with Crippen LogP contribution in [0.3, 0.4) is 0 Å². The van der Waals surface area contributed by atoms with Gasteiger partial charge in [-0.25, -0.2) is 4.79 Å². The van der Waals surface area contributed by atoms with Crippen LogP contribution >= 0.6 is 0 Å². The van der Waals surface area contributed by atoms with Crippen LogP contribution in [0.4, 0.5) is 0 Å². The van der Waals surface area contributed by atoms with Gasteiger partial charge in [0.05, 0.1) is 12.1 Å². The minimum Gasteiger partial charge on any atom is -0.478 e. The molecule has 4 atom stereocenters. The molecule has 7 nitrogen and oxygen atoms in total. The molecular weight excluding hydrogens is 382 g/mol. The van der Waals surface area contributed by atoms with Crippen molar-refractivity contribution >= 4 is 17.8 Å². The Morgan fingerprint density at radius 1 is 1.20 bits per heavy atom. The first-order chi connectivity index (χ1) is 13.7. The third kappa shape index (κ3) is 6.83. The minimum atomic E-state index is -1.00. The lowest BCUT2D eigenvalue weighted by Gasteiger charge is -2.40. The maximum atomic E-state index is 13.5. The lowest BCUT2D eigenvalue weighted by atomic mass is 9.84. The van der Waals surface area contributed by atoms with Gasteiger partial charge in [0.25, 0.3) is 0 Å². The van der Waals surface area contributed by atoms with E-state index in [1.54, 1.807) is 18.0 Å². The summed E-state index contributed by atoms with van der Waals surface area (Å²) in [4.78, 5) is 41.4. The Bertz CT molecular complexity index is 666. The van der Waals surface area contributed by atoms with Gasteiger partial charge < -0.3 is 15.3 Å². The third-order valence-electron chi connectivity index (χ3n) is 6.00. The third-order valence-corrected chi connectivity index (χ3v) is 6.00. The average Bonchev–Trinajstić information content (AvgIpc) is 2.61. The number of hydrogen-bond acceptors (Lipinski definition) is 4. The zero-order valence-electron chi connectivity index (χ0n) is 20.2. The first kappa shape index (κ1) is 26.1. The fraction of sp³-hybridized carbons (Fsp3) is 0.783. The van der Waals surface area contributed by atoms with Crippen molar-refractivity contribution < 1.29 is 19.5 Å². The molecule has 0 spiro atoms. The highest BCUT2D eigenvalue weighted by atomic mass is 16.4.